The molecule has 0 saturated heterocycles. The van der Waals surface area contributed by atoms with E-state index in [2.05, 4.69) is 31.1 Å². The number of hydrogen-bond acceptors (Lipinski definition) is 4. The molecule has 2 heterocycles. The van der Waals surface area contributed by atoms with Crippen molar-refractivity contribution in [3.8, 4) is 0 Å². The normalized spacial score (nSPS) is 16.2. The van der Waals surface area contributed by atoms with Crippen LogP contribution in [0.25, 0.3) is 10.9 Å². The van der Waals surface area contributed by atoms with Gasteiger partial charge >= 0.3 is 5.97 Å². The van der Waals surface area contributed by atoms with Crippen LogP contribution in [-0.4, -0.2) is 23.5 Å². The Hall–Kier alpha value is -2.60. The molecule has 1 amide bonds. The van der Waals surface area contributed by atoms with Gasteiger partial charge in [0.2, 0.25) is 5.91 Å². The van der Waals surface area contributed by atoms with Gasteiger partial charge < -0.3 is 15.0 Å². The molecule has 0 saturated carbocycles. The second kappa shape index (κ2) is 8.50. The van der Waals surface area contributed by atoms with E-state index in [4.69, 9.17) is 4.74 Å². The lowest BCUT2D eigenvalue weighted by Crippen LogP contribution is -2.26. The minimum atomic E-state index is -0.336. The van der Waals surface area contributed by atoms with E-state index in [1.54, 1.807) is 0 Å². The molecule has 1 atom stereocenters. The van der Waals surface area contributed by atoms with Gasteiger partial charge in [-0.1, -0.05) is 39.0 Å². The van der Waals surface area contributed by atoms with Crippen LogP contribution in [0.4, 0.5) is 5.00 Å². The van der Waals surface area contributed by atoms with Gasteiger partial charge in [-0.15, -0.1) is 11.3 Å². The third-order valence-corrected chi connectivity index (χ3v) is 7.42. The first kappa shape index (κ1) is 21.6. The zero-order valence-corrected chi connectivity index (χ0v) is 19.4. The highest BCUT2D eigenvalue weighted by Crippen LogP contribution is 2.44. The summed E-state index contributed by atoms with van der Waals surface area (Å²) in [6, 6.07) is 7.94. The predicted molar refractivity (Wildman–Crippen MR) is 126 cm³/mol. The van der Waals surface area contributed by atoms with Gasteiger partial charge in [0, 0.05) is 22.0 Å². The number of benzene rings is 1. The Morgan fingerprint density at radius 1 is 1.26 bits per heavy atom. The summed E-state index contributed by atoms with van der Waals surface area (Å²) in [5.41, 5.74) is 3.79. The van der Waals surface area contributed by atoms with Crippen molar-refractivity contribution in [3.05, 3.63) is 52.0 Å². The molecule has 1 aromatic carbocycles. The second-order valence-corrected chi connectivity index (χ2v) is 10.4. The van der Waals surface area contributed by atoms with Gasteiger partial charge in [-0.2, -0.15) is 0 Å². The van der Waals surface area contributed by atoms with Crippen LogP contribution in [0.3, 0.4) is 0 Å². The Morgan fingerprint density at radius 3 is 2.77 bits per heavy atom. The number of H-pyrrole nitrogens is 1. The van der Waals surface area contributed by atoms with Crippen molar-refractivity contribution in [2.24, 2.45) is 11.3 Å². The molecule has 4 rings (SSSR count). The van der Waals surface area contributed by atoms with Crippen molar-refractivity contribution >= 4 is 39.1 Å². The van der Waals surface area contributed by atoms with E-state index in [-0.39, 0.29) is 23.7 Å². The van der Waals surface area contributed by atoms with E-state index in [1.165, 1.54) is 16.2 Å². The molecule has 0 radical (unpaired) electrons. The number of thiophene rings is 1. The van der Waals surface area contributed by atoms with E-state index < -0.39 is 0 Å². The minimum absolute atomic E-state index is 0.124. The maximum atomic E-state index is 12.9. The van der Waals surface area contributed by atoms with Gasteiger partial charge in [0.25, 0.3) is 0 Å². The van der Waals surface area contributed by atoms with Crippen LogP contribution in [0.1, 0.15) is 60.5 Å². The number of aromatic amines is 1. The van der Waals surface area contributed by atoms with Crippen LogP contribution in [0.2, 0.25) is 0 Å². The zero-order valence-electron chi connectivity index (χ0n) is 18.6. The first-order chi connectivity index (χ1) is 14.8. The summed E-state index contributed by atoms with van der Waals surface area (Å²) in [4.78, 5) is 30.1. The summed E-state index contributed by atoms with van der Waals surface area (Å²) in [5, 5.41) is 4.70. The SMILES string of the molecule is CCOC(=O)c1c(NC(=O)Cc2c[nH]c3ccccc23)sc2c1CCC(C(C)(C)C)C2. The number of anilines is 1. The van der Waals surface area contributed by atoms with E-state index in [0.29, 0.717) is 23.1 Å². The largest absolute Gasteiger partial charge is 0.462 e. The number of amides is 1. The quantitative estimate of drug-likeness (QED) is 0.499. The molecular formula is C25H30N2O3S. The van der Waals surface area contributed by atoms with Crippen LogP contribution in [-0.2, 0) is 28.8 Å². The average Bonchev–Trinajstić information content (AvgIpc) is 3.28. The van der Waals surface area contributed by atoms with E-state index in [0.717, 1.165) is 41.3 Å². The van der Waals surface area contributed by atoms with Gasteiger partial charge in [-0.3, -0.25) is 4.79 Å². The fourth-order valence-electron chi connectivity index (χ4n) is 4.45. The molecule has 164 valence electrons. The Bertz CT molecular complexity index is 1120. The van der Waals surface area contributed by atoms with Gasteiger partial charge in [0.05, 0.1) is 18.6 Å². The van der Waals surface area contributed by atoms with Crippen molar-refractivity contribution in [1.82, 2.24) is 4.98 Å². The fraction of sp³-hybridized carbons (Fsp3) is 0.440. The van der Waals surface area contributed by atoms with Gasteiger partial charge in [0.1, 0.15) is 5.00 Å². The topological polar surface area (TPSA) is 71.2 Å². The smallest absolute Gasteiger partial charge is 0.341 e. The standard InChI is InChI=1S/C25H30N2O3S/c1-5-30-24(29)22-18-11-10-16(25(2,3)4)13-20(18)31-23(22)27-21(28)12-15-14-26-19-9-7-6-8-17(15)19/h6-9,14,16,26H,5,10-13H2,1-4H3,(H,27,28). The summed E-state index contributed by atoms with van der Waals surface area (Å²) in [5.74, 6) is 0.0985. The summed E-state index contributed by atoms with van der Waals surface area (Å²) in [7, 11) is 0. The molecule has 0 spiro atoms. The van der Waals surface area contributed by atoms with Crippen LogP contribution >= 0.6 is 11.3 Å². The molecule has 0 fully saturated rings. The minimum Gasteiger partial charge on any atom is -0.462 e. The number of carbonyl (C=O) groups excluding carboxylic acids is 2. The lowest BCUT2D eigenvalue weighted by molar-refractivity contribution is -0.115. The molecular weight excluding hydrogens is 408 g/mol. The number of ether oxygens (including phenoxy) is 1. The summed E-state index contributed by atoms with van der Waals surface area (Å²) < 4.78 is 5.34. The van der Waals surface area contributed by atoms with Gasteiger partial charge in [-0.05, 0) is 54.7 Å². The molecule has 1 unspecified atom stereocenters. The van der Waals surface area contributed by atoms with Crippen molar-refractivity contribution in [2.75, 3.05) is 11.9 Å². The molecule has 1 aliphatic carbocycles. The monoisotopic (exact) mass is 438 g/mol. The second-order valence-electron chi connectivity index (χ2n) is 9.32. The number of rotatable bonds is 5. The third kappa shape index (κ3) is 4.40. The Balaban J connectivity index is 1.60. The number of aromatic nitrogens is 1. The molecule has 31 heavy (non-hydrogen) atoms. The lowest BCUT2D eigenvalue weighted by atomic mass is 9.72. The number of esters is 1. The predicted octanol–water partition coefficient (Wildman–Crippen LogP) is 5.74. The molecule has 3 aromatic rings. The van der Waals surface area contributed by atoms with Crippen LogP contribution in [0.5, 0.6) is 0 Å². The third-order valence-electron chi connectivity index (χ3n) is 6.25. The van der Waals surface area contributed by atoms with Crippen molar-refractivity contribution in [2.45, 2.75) is 53.4 Å². The molecule has 0 aliphatic heterocycles. The summed E-state index contributed by atoms with van der Waals surface area (Å²) in [6.45, 7) is 8.93. The van der Waals surface area contributed by atoms with Crippen LogP contribution in [0, 0.1) is 11.3 Å². The maximum Gasteiger partial charge on any atom is 0.341 e. The number of nitrogens with one attached hydrogen (secondary N) is 2. The van der Waals surface area contributed by atoms with Crippen LogP contribution in [0.15, 0.2) is 30.5 Å². The number of para-hydroxylation sites is 1. The van der Waals surface area contributed by atoms with E-state index >= 15 is 0 Å². The number of hydrogen-bond donors (Lipinski definition) is 2. The van der Waals surface area contributed by atoms with Crippen molar-refractivity contribution in [3.63, 3.8) is 0 Å². The Morgan fingerprint density at radius 2 is 2.03 bits per heavy atom. The maximum absolute atomic E-state index is 12.9. The van der Waals surface area contributed by atoms with E-state index in [9.17, 15) is 9.59 Å². The van der Waals surface area contributed by atoms with Gasteiger partial charge in [-0.25, -0.2) is 4.79 Å². The highest BCUT2D eigenvalue weighted by atomic mass is 32.1. The highest BCUT2D eigenvalue weighted by Gasteiger charge is 2.34. The van der Waals surface area contributed by atoms with Crippen molar-refractivity contribution in [1.29, 1.82) is 0 Å². The molecule has 2 aromatic heterocycles. The van der Waals surface area contributed by atoms with E-state index in [1.807, 2.05) is 37.4 Å². The average molecular weight is 439 g/mol. The summed E-state index contributed by atoms with van der Waals surface area (Å²) in [6.07, 6.45) is 4.96. The fourth-order valence-corrected chi connectivity index (χ4v) is 5.79. The Kier molecular flexibility index (Phi) is 5.93. The molecule has 1 aliphatic rings. The molecule has 5 nitrogen and oxygen atoms in total. The first-order valence-corrected chi connectivity index (χ1v) is 11.8. The highest BCUT2D eigenvalue weighted by molar-refractivity contribution is 7.17. The molecule has 0 bridgehead atoms. The first-order valence-electron chi connectivity index (χ1n) is 10.9. The Labute approximate surface area is 187 Å². The van der Waals surface area contributed by atoms with Gasteiger partial charge in [0.15, 0.2) is 0 Å². The summed E-state index contributed by atoms with van der Waals surface area (Å²) >= 11 is 1.54. The van der Waals surface area contributed by atoms with Crippen LogP contribution < -0.4 is 5.32 Å². The number of fused-ring (bicyclic) bond motifs is 2. The zero-order chi connectivity index (χ0) is 22.2. The molecule has 2 N–H and O–H groups in total. The number of carbonyl (C=O) groups is 2. The molecule has 6 heteroatoms. The lowest BCUT2D eigenvalue weighted by Gasteiger charge is -2.33. The van der Waals surface area contributed by atoms with Crippen molar-refractivity contribution < 1.29 is 14.3 Å².